The summed E-state index contributed by atoms with van der Waals surface area (Å²) in [4.78, 5) is -0.236. The van der Waals surface area contributed by atoms with Crippen molar-refractivity contribution in [1.82, 2.24) is 10.0 Å². The van der Waals surface area contributed by atoms with Gasteiger partial charge in [-0.1, -0.05) is 0 Å². The van der Waals surface area contributed by atoms with Crippen LogP contribution in [0.5, 0.6) is 0 Å². The predicted octanol–water partition coefficient (Wildman–Crippen LogP) is 1.04. The minimum Gasteiger partial charge on any atom is -0.314 e. The van der Waals surface area contributed by atoms with Gasteiger partial charge in [-0.3, -0.25) is 4.72 Å². The molecule has 0 bridgehead atoms. The number of hydrogen-bond acceptors (Lipinski definition) is 5. The lowest BCUT2D eigenvalue weighted by atomic mass is 10.0. The first kappa shape index (κ1) is 21.1. The summed E-state index contributed by atoms with van der Waals surface area (Å²) in [6.07, 6.45) is 2.19. The first-order valence-electron chi connectivity index (χ1n) is 7.10. The molecule has 2 atom stereocenters. The standard InChI is InChI=1S/C13H20FN3O4S2.ClH/c1-9-7-10(5-6-15-9)16-23(20,21)11-3-4-13(12(14)8-11)17-22(2,18)19;/h3-4,8-10,15-17H,5-7H2,1-2H3;1H. The summed E-state index contributed by atoms with van der Waals surface area (Å²) in [5, 5.41) is 3.22. The average molecular weight is 402 g/mol. The molecule has 2 unspecified atom stereocenters. The molecule has 24 heavy (non-hydrogen) atoms. The minimum absolute atomic E-state index is 0. The number of hydrogen-bond donors (Lipinski definition) is 3. The molecule has 1 heterocycles. The molecule has 138 valence electrons. The van der Waals surface area contributed by atoms with E-state index in [1.54, 1.807) is 0 Å². The Morgan fingerprint density at radius 1 is 1.25 bits per heavy atom. The van der Waals surface area contributed by atoms with Crippen molar-refractivity contribution in [2.45, 2.75) is 36.7 Å². The highest BCUT2D eigenvalue weighted by Gasteiger charge is 2.25. The van der Waals surface area contributed by atoms with Gasteiger partial charge in [0.05, 0.1) is 16.8 Å². The van der Waals surface area contributed by atoms with Crippen LogP contribution in [0.3, 0.4) is 0 Å². The van der Waals surface area contributed by atoms with Crippen LogP contribution in [0.15, 0.2) is 23.1 Å². The lowest BCUT2D eigenvalue weighted by Gasteiger charge is -2.28. The van der Waals surface area contributed by atoms with Gasteiger partial charge in [0.25, 0.3) is 0 Å². The third kappa shape index (κ3) is 5.85. The summed E-state index contributed by atoms with van der Waals surface area (Å²) >= 11 is 0. The first-order chi connectivity index (χ1) is 10.6. The van der Waals surface area contributed by atoms with E-state index in [0.29, 0.717) is 19.4 Å². The first-order valence-corrected chi connectivity index (χ1v) is 10.5. The van der Waals surface area contributed by atoms with Gasteiger partial charge >= 0.3 is 0 Å². The van der Waals surface area contributed by atoms with Gasteiger partial charge in [-0.05, 0) is 44.5 Å². The van der Waals surface area contributed by atoms with Crippen molar-refractivity contribution >= 4 is 38.1 Å². The predicted molar refractivity (Wildman–Crippen MR) is 92.9 cm³/mol. The van der Waals surface area contributed by atoms with Crippen molar-refractivity contribution in [2.24, 2.45) is 0 Å². The van der Waals surface area contributed by atoms with Crippen LogP contribution in [-0.4, -0.2) is 41.7 Å². The average Bonchev–Trinajstić information content (AvgIpc) is 2.39. The second-order valence-electron chi connectivity index (χ2n) is 5.71. The Kier molecular flexibility index (Phi) is 7.00. The number of anilines is 1. The Labute approximate surface area is 147 Å². The van der Waals surface area contributed by atoms with E-state index in [0.717, 1.165) is 18.4 Å². The van der Waals surface area contributed by atoms with Gasteiger partial charge in [0, 0.05) is 12.1 Å². The lowest BCUT2D eigenvalue weighted by molar-refractivity contribution is 0.361. The molecule has 1 aromatic carbocycles. The minimum atomic E-state index is -3.86. The van der Waals surface area contributed by atoms with Crippen molar-refractivity contribution in [1.29, 1.82) is 0 Å². The van der Waals surface area contributed by atoms with E-state index in [4.69, 9.17) is 0 Å². The summed E-state index contributed by atoms with van der Waals surface area (Å²) in [7, 11) is -7.50. The molecule has 1 fully saturated rings. The Balaban J connectivity index is 0.00000288. The second kappa shape index (κ2) is 7.96. The van der Waals surface area contributed by atoms with E-state index < -0.39 is 25.9 Å². The van der Waals surface area contributed by atoms with Crippen LogP contribution in [0.1, 0.15) is 19.8 Å². The lowest BCUT2D eigenvalue weighted by Crippen LogP contribution is -2.46. The molecule has 0 amide bonds. The Morgan fingerprint density at radius 3 is 2.46 bits per heavy atom. The van der Waals surface area contributed by atoms with Crippen LogP contribution < -0.4 is 14.8 Å². The molecule has 2 rings (SSSR count). The van der Waals surface area contributed by atoms with Crippen LogP contribution >= 0.6 is 12.4 Å². The maximum Gasteiger partial charge on any atom is 0.240 e. The molecule has 1 aromatic rings. The van der Waals surface area contributed by atoms with Gasteiger partial charge in [-0.15, -0.1) is 12.4 Å². The van der Waals surface area contributed by atoms with E-state index in [2.05, 4.69) is 10.0 Å². The summed E-state index contributed by atoms with van der Waals surface area (Å²) < 4.78 is 65.3. The fourth-order valence-electron chi connectivity index (χ4n) is 2.47. The molecule has 0 aliphatic carbocycles. The van der Waals surface area contributed by atoms with Gasteiger partial charge < -0.3 is 5.32 Å². The fourth-order valence-corrected chi connectivity index (χ4v) is 4.33. The van der Waals surface area contributed by atoms with Crippen molar-refractivity contribution in [3.05, 3.63) is 24.0 Å². The molecule has 3 N–H and O–H groups in total. The van der Waals surface area contributed by atoms with Gasteiger partial charge in [0.2, 0.25) is 20.0 Å². The second-order valence-corrected chi connectivity index (χ2v) is 9.18. The molecule has 0 spiro atoms. The van der Waals surface area contributed by atoms with Crippen LogP contribution in [0.4, 0.5) is 10.1 Å². The van der Waals surface area contributed by atoms with E-state index in [1.165, 1.54) is 6.07 Å². The largest absolute Gasteiger partial charge is 0.314 e. The van der Waals surface area contributed by atoms with Crippen molar-refractivity contribution in [3.8, 4) is 0 Å². The fraction of sp³-hybridized carbons (Fsp3) is 0.538. The number of piperidine rings is 1. The van der Waals surface area contributed by atoms with E-state index in [-0.39, 0.29) is 35.1 Å². The molecule has 1 saturated heterocycles. The number of nitrogens with one attached hydrogen (secondary N) is 3. The van der Waals surface area contributed by atoms with Gasteiger partial charge in [0.1, 0.15) is 5.82 Å². The zero-order chi connectivity index (χ0) is 17.3. The van der Waals surface area contributed by atoms with Gasteiger partial charge in [0.15, 0.2) is 0 Å². The quantitative estimate of drug-likeness (QED) is 0.683. The van der Waals surface area contributed by atoms with E-state index in [1.807, 2.05) is 11.6 Å². The Morgan fingerprint density at radius 2 is 1.92 bits per heavy atom. The molecule has 0 saturated carbocycles. The van der Waals surface area contributed by atoms with Gasteiger partial charge in [-0.2, -0.15) is 0 Å². The summed E-state index contributed by atoms with van der Waals surface area (Å²) in [5.74, 6) is -0.947. The maximum atomic E-state index is 13.9. The third-order valence-electron chi connectivity index (χ3n) is 3.49. The monoisotopic (exact) mass is 401 g/mol. The zero-order valence-electron chi connectivity index (χ0n) is 13.2. The normalized spacial score (nSPS) is 21.8. The number of benzene rings is 1. The molecular weight excluding hydrogens is 381 g/mol. The number of halogens is 2. The Bertz CT molecular complexity index is 786. The summed E-state index contributed by atoms with van der Waals surface area (Å²) in [6, 6.07) is 3.06. The topological polar surface area (TPSA) is 104 Å². The smallest absolute Gasteiger partial charge is 0.240 e. The summed E-state index contributed by atoms with van der Waals surface area (Å²) in [5.41, 5.74) is -0.290. The number of rotatable bonds is 5. The van der Waals surface area contributed by atoms with Crippen LogP contribution in [0.2, 0.25) is 0 Å². The van der Waals surface area contributed by atoms with Crippen molar-refractivity contribution < 1.29 is 21.2 Å². The third-order valence-corrected chi connectivity index (χ3v) is 5.60. The maximum absolute atomic E-state index is 13.9. The molecule has 7 nitrogen and oxygen atoms in total. The highest BCUT2D eigenvalue weighted by Crippen LogP contribution is 2.21. The van der Waals surface area contributed by atoms with Crippen LogP contribution in [-0.2, 0) is 20.0 Å². The molecule has 1 aliphatic rings. The van der Waals surface area contributed by atoms with Crippen LogP contribution in [0.25, 0.3) is 0 Å². The summed E-state index contributed by atoms with van der Waals surface area (Å²) in [6.45, 7) is 2.67. The molecule has 0 radical (unpaired) electrons. The number of sulfonamides is 2. The van der Waals surface area contributed by atoms with Crippen LogP contribution in [0, 0.1) is 5.82 Å². The van der Waals surface area contributed by atoms with E-state index in [9.17, 15) is 21.2 Å². The highest BCUT2D eigenvalue weighted by atomic mass is 35.5. The zero-order valence-corrected chi connectivity index (χ0v) is 15.7. The van der Waals surface area contributed by atoms with Gasteiger partial charge in [-0.25, -0.2) is 25.9 Å². The van der Waals surface area contributed by atoms with Crippen molar-refractivity contribution in [2.75, 3.05) is 17.5 Å². The van der Waals surface area contributed by atoms with E-state index >= 15 is 0 Å². The Hall–Kier alpha value is -0.940. The molecule has 0 aromatic heterocycles. The highest BCUT2D eigenvalue weighted by molar-refractivity contribution is 7.92. The SMILES string of the molecule is CC1CC(NS(=O)(=O)c2ccc(NS(C)(=O)=O)c(F)c2)CCN1.Cl. The molecule has 11 heteroatoms. The molecule has 1 aliphatic heterocycles. The van der Waals surface area contributed by atoms with Crippen molar-refractivity contribution in [3.63, 3.8) is 0 Å². The molecular formula is C13H21ClFN3O4S2.